The van der Waals surface area contributed by atoms with Crippen LogP contribution in [0.2, 0.25) is 0 Å². The van der Waals surface area contributed by atoms with Gasteiger partial charge >= 0.3 is 0 Å². The van der Waals surface area contributed by atoms with Gasteiger partial charge in [-0.25, -0.2) is 0 Å². The van der Waals surface area contributed by atoms with Crippen molar-refractivity contribution in [3.05, 3.63) is 90.0 Å². The van der Waals surface area contributed by atoms with Gasteiger partial charge in [0.1, 0.15) is 11.5 Å². The maximum Gasteiger partial charge on any atom is 0.279 e. The molecule has 154 valence electrons. The van der Waals surface area contributed by atoms with Crippen molar-refractivity contribution < 1.29 is 17.9 Å². The van der Waals surface area contributed by atoms with Crippen LogP contribution in [0.15, 0.2) is 88.9 Å². The van der Waals surface area contributed by atoms with E-state index in [4.69, 9.17) is 9.47 Å². The zero-order valence-corrected chi connectivity index (χ0v) is 17.5. The molecule has 0 bridgehead atoms. The molecule has 0 amide bonds. The van der Waals surface area contributed by atoms with Gasteiger partial charge in [-0.2, -0.15) is 17.9 Å². The number of sulfonamides is 1. The smallest absolute Gasteiger partial charge is 0.279 e. The summed E-state index contributed by atoms with van der Waals surface area (Å²) in [5, 5.41) is 4.56. The lowest BCUT2D eigenvalue weighted by atomic mass is 9.99. The van der Waals surface area contributed by atoms with Crippen LogP contribution < -0.4 is 9.47 Å². The lowest BCUT2D eigenvalue weighted by Gasteiger charge is -2.23. The summed E-state index contributed by atoms with van der Waals surface area (Å²) in [5.41, 5.74) is 2.32. The predicted octanol–water partition coefficient (Wildman–Crippen LogP) is 4.24. The van der Waals surface area contributed by atoms with Crippen molar-refractivity contribution in [3.63, 3.8) is 0 Å². The van der Waals surface area contributed by atoms with Gasteiger partial charge in [0, 0.05) is 12.0 Å². The first-order valence-electron chi connectivity index (χ1n) is 9.48. The molecule has 0 saturated heterocycles. The van der Waals surface area contributed by atoms with Crippen molar-refractivity contribution in [2.75, 3.05) is 14.2 Å². The Bertz CT molecular complexity index is 1180. The maximum atomic E-state index is 13.4. The molecular formula is C23H22N2O4S. The van der Waals surface area contributed by atoms with E-state index in [0.29, 0.717) is 23.6 Å². The van der Waals surface area contributed by atoms with Crippen LogP contribution in [-0.4, -0.2) is 32.8 Å². The van der Waals surface area contributed by atoms with Crippen LogP contribution in [0, 0.1) is 0 Å². The van der Waals surface area contributed by atoms with Crippen molar-refractivity contribution in [3.8, 4) is 11.5 Å². The molecule has 0 radical (unpaired) electrons. The number of methoxy groups -OCH3 is 2. The van der Waals surface area contributed by atoms with Crippen molar-refractivity contribution in [1.82, 2.24) is 4.41 Å². The van der Waals surface area contributed by atoms with Crippen molar-refractivity contribution in [2.24, 2.45) is 5.10 Å². The molecule has 0 N–H and O–H groups in total. The van der Waals surface area contributed by atoms with Gasteiger partial charge in [0.15, 0.2) is 0 Å². The Hall–Kier alpha value is -3.32. The van der Waals surface area contributed by atoms with Crippen LogP contribution in [-0.2, 0) is 10.0 Å². The SMILES string of the molecule is COc1cccc(C2=NN(S(=O)(=O)c3ccccc3)[C@@H](c3cccc(OC)c3)C2)c1. The van der Waals surface area contributed by atoms with Crippen LogP contribution >= 0.6 is 0 Å². The maximum absolute atomic E-state index is 13.4. The minimum Gasteiger partial charge on any atom is -0.497 e. The highest BCUT2D eigenvalue weighted by molar-refractivity contribution is 7.89. The monoisotopic (exact) mass is 422 g/mol. The lowest BCUT2D eigenvalue weighted by molar-refractivity contribution is 0.368. The predicted molar refractivity (Wildman–Crippen MR) is 115 cm³/mol. The molecular weight excluding hydrogens is 400 g/mol. The van der Waals surface area contributed by atoms with E-state index in [1.54, 1.807) is 44.6 Å². The topological polar surface area (TPSA) is 68.2 Å². The molecule has 1 heterocycles. The van der Waals surface area contributed by atoms with Crippen LogP contribution in [0.1, 0.15) is 23.6 Å². The summed E-state index contributed by atoms with van der Waals surface area (Å²) in [6, 6.07) is 22.8. The van der Waals surface area contributed by atoms with E-state index in [9.17, 15) is 8.42 Å². The normalized spacial score (nSPS) is 16.3. The largest absolute Gasteiger partial charge is 0.497 e. The first-order chi connectivity index (χ1) is 14.5. The first kappa shape index (κ1) is 20.0. The van der Waals surface area contributed by atoms with Crippen molar-refractivity contribution in [2.45, 2.75) is 17.4 Å². The minimum atomic E-state index is -3.84. The zero-order valence-electron chi connectivity index (χ0n) is 16.7. The highest BCUT2D eigenvalue weighted by atomic mass is 32.2. The van der Waals surface area contributed by atoms with Gasteiger partial charge in [0.2, 0.25) is 0 Å². The van der Waals surface area contributed by atoms with E-state index < -0.39 is 16.1 Å². The Morgan fingerprint density at radius 2 is 1.53 bits per heavy atom. The molecule has 0 aliphatic carbocycles. The summed E-state index contributed by atoms with van der Waals surface area (Å²) < 4.78 is 38.7. The molecule has 0 saturated carbocycles. The van der Waals surface area contributed by atoms with Gasteiger partial charge in [-0.3, -0.25) is 0 Å². The van der Waals surface area contributed by atoms with Gasteiger partial charge in [-0.05, 0) is 42.0 Å². The number of rotatable bonds is 6. The summed E-state index contributed by atoms with van der Waals surface area (Å²) in [6.07, 6.45) is 0.437. The van der Waals surface area contributed by atoms with Crippen LogP contribution in [0.5, 0.6) is 11.5 Å². The quantitative estimate of drug-likeness (QED) is 0.596. The first-order valence-corrected chi connectivity index (χ1v) is 10.9. The highest BCUT2D eigenvalue weighted by Gasteiger charge is 2.37. The van der Waals surface area contributed by atoms with Crippen molar-refractivity contribution in [1.29, 1.82) is 0 Å². The second-order valence-electron chi connectivity index (χ2n) is 6.87. The molecule has 0 unspecified atom stereocenters. The Morgan fingerprint density at radius 1 is 0.867 bits per heavy atom. The molecule has 0 aromatic heterocycles. The van der Waals surface area contributed by atoms with Crippen LogP contribution in [0.3, 0.4) is 0 Å². The number of hydrogen-bond acceptors (Lipinski definition) is 5. The molecule has 0 fully saturated rings. The van der Waals surface area contributed by atoms with E-state index in [2.05, 4.69) is 5.10 Å². The average Bonchev–Trinajstić information content (AvgIpc) is 3.26. The van der Waals surface area contributed by atoms with Gasteiger partial charge in [0.25, 0.3) is 10.0 Å². The Balaban J connectivity index is 1.81. The Morgan fingerprint density at radius 3 is 2.23 bits per heavy atom. The Kier molecular flexibility index (Phi) is 5.46. The molecule has 4 rings (SSSR count). The summed E-state index contributed by atoms with van der Waals surface area (Å²) in [5.74, 6) is 1.36. The number of hydrogen-bond donors (Lipinski definition) is 0. The molecule has 3 aromatic rings. The van der Waals surface area contributed by atoms with Gasteiger partial charge in [-0.1, -0.05) is 42.5 Å². The van der Waals surface area contributed by atoms with E-state index in [0.717, 1.165) is 11.1 Å². The average molecular weight is 423 g/mol. The number of hydrazone groups is 1. The third kappa shape index (κ3) is 3.76. The number of nitrogens with zero attached hydrogens (tertiary/aromatic N) is 2. The molecule has 1 aliphatic heterocycles. The van der Waals surface area contributed by atoms with Gasteiger partial charge in [-0.15, -0.1) is 0 Å². The van der Waals surface area contributed by atoms with Gasteiger partial charge in [0.05, 0.1) is 30.9 Å². The van der Waals surface area contributed by atoms with E-state index in [-0.39, 0.29) is 4.90 Å². The van der Waals surface area contributed by atoms with Crippen LogP contribution in [0.25, 0.3) is 0 Å². The molecule has 30 heavy (non-hydrogen) atoms. The van der Waals surface area contributed by atoms with E-state index in [1.807, 2.05) is 48.5 Å². The highest BCUT2D eigenvalue weighted by Crippen LogP contribution is 2.38. The third-order valence-corrected chi connectivity index (χ3v) is 6.74. The molecule has 1 atom stereocenters. The van der Waals surface area contributed by atoms with E-state index in [1.165, 1.54) is 4.41 Å². The third-order valence-electron chi connectivity index (χ3n) is 5.04. The molecule has 3 aromatic carbocycles. The zero-order chi connectivity index (χ0) is 21.1. The van der Waals surface area contributed by atoms with E-state index >= 15 is 0 Å². The summed E-state index contributed by atoms with van der Waals surface area (Å²) in [6.45, 7) is 0. The lowest BCUT2D eigenvalue weighted by Crippen LogP contribution is -2.27. The summed E-state index contributed by atoms with van der Waals surface area (Å²) >= 11 is 0. The Labute approximate surface area is 176 Å². The number of ether oxygens (including phenoxy) is 2. The fraction of sp³-hybridized carbons (Fsp3) is 0.174. The van der Waals surface area contributed by atoms with Crippen molar-refractivity contribution >= 4 is 15.7 Å². The fourth-order valence-corrected chi connectivity index (χ4v) is 4.94. The van der Waals surface area contributed by atoms with Gasteiger partial charge < -0.3 is 9.47 Å². The summed E-state index contributed by atoms with van der Waals surface area (Å²) in [7, 11) is -0.653. The summed E-state index contributed by atoms with van der Waals surface area (Å²) in [4.78, 5) is 0.202. The molecule has 7 heteroatoms. The minimum absolute atomic E-state index is 0.202. The van der Waals surface area contributed by atoms with Crippen LogP contribution in [0.4, 0.5) is 0 Å². The molecule has 0 spiro atoms. The molecule has 6 nitrogen and oxygen atoms in total. The second kappa shape index (κ2) is 8.20. The fourth-order valence-electron chi connectivity index (χ4n) is 3.48. The number of benzene rings is 3. The molecule has 1 aliphatic rings. The second-order valence-corrected chi connectivity index (χ2v) is 8.66. The standard InChI is InChI=1S/C23H22N2O4S/c1-28-19-10-6-8-17(14-19)22-16-23(18-9-7-11-20(15-18)29-2)25(24-22)30(26,27)21-12-4-3-5-13-21/h3-15,23H,16H2,1-2H3/t23-/m1/s1.